The predicted molar refractivity (Wildman–Crippen MR) is 125 cm³/mol. The summed E-state index contributed by atoms with van der Waals surface area (Å²) in [4.78, 5) is 10.7. The summed E-state index contributed by atoms with van der Waals surface area (Å²) < 4.78 is 0. The van der Waals surface area contributed by atoms with E-state index in [-0.39, 0.29) is 24.0 Å². The minimum atomic E-state index is 0. The number of hydrogen-bond acceptors (Lipinski definition) is 3. The van der Waals surface area contributed by atoms with Gasteiger partial charge in [0.15, 0.2) is 5.96 Å². The zero-order chi connectivity index (χ0) is 18.8. The van der Waals surface area contributed by atoms with Crippen molar-refractivity contribution in [1.82, 2.24) is 20.5 Å². The Morgan fingerprint density at radius 3 is 2.59 bits per heavy atom. The molecule has 0 fully saturated rings. The number of rotatable bonds is 8. The minimum absolute atomic E-state index is 0. The van der Waals surface area contributed by atoms with Crippen molar-refractivity contribution in [1.29, 1.82) is 0 Å². The SMILES string of the molecule is CCN(C)Cc1cccc(CNC(=NC)NCCc2ccc(Cl)nc2)c1.I. The van der Waals surface area contributed by atoms with E-state index >= 15 is 0 Å². The second-order valence-corrected chi connectivity index (χ2v) is 6.63. The Morgan fingerprint density at radius 2 is 1.93 bits per heavy atom. The summed E-state index contributed by atoms with van der Waals surface area (Å²) in [5, 5.41) is 7.21. The molecule has 27 heavy (non-hydrogen) atoms. The van der Waals surface area contributed by atoms with Crippen molar-refractivity contribution in [3.63, 3.8) is 0 Å². The summed E-state index contributed by atoms with van der Waals surface area (Å²) >= 11 is 5.81. The van der Waals surface area contributed by atoms with Crippen LogP contribution in [0.5, 0.6) is 0 Å². The topological polar surface area (TPSA) is 52.5 Å². The Balaban J connectivity index is 0.00000364. The lowest BCUT2D eigenvalue weighted by atomic mass is 10.1. The quantitative estimate of drug-likeness (QED) is 0.251. The fourth-order valence-corrected chi connectivity index (χ4v) is 2.66. The standard InChI is InChI=1S/C20H28ClN5.HI/c1-4-26(3)15-18-7-5-6-17(12-18)14-25-20(22-2)23-11-10-16-8-9-19(21)24-13-16;/h5-9,12-13H,4,10-11,14-15H2,1-3H3,(H2,22,23,25);1H. The van der Waals surface area contributed by atoms with E-state index in [0.29, 0.717) is 5.15 Å². The fourth-order valence-electron chi connectivity index (χ4n) is 2.55. The van der Waals surface area contributed by atoms with Crippen molar-refractivity contribution < 1.29 is 0 Å². The highest BCUT2D eigenvalue weighted by Gasteiger charge is 2.02. The molecule has 0 aliphatic heterocycles. The van der Waals surface area contributed by atoms with Gasteiger partial charge < -0.3 is 15.5 Å². The third-order valence-electron chi connectivity index (χ3n) is 4.16. The Hall–Kier alpha value is -1.38. The predicted octanol–water partition coefficient (Wildman–Crippen LogP) is 3.71. The molecule has 0 spiro atoms. The van der Waals surface area contributed by atoms with E-state index in [9.17, 15) is 0 Å². The lowest BCUT2D eigenvalue weighted by Crippen LogP contribution is -2.37. The molecule has 2 aromatic rings. The highest BCUT2D eigenvalue weighted by molar-refractivity contribution is 14.0. The zero-order valence-electron chi connectivity index (χ0n) is 16.2. The third-order valence-corrected chi connectivity index (χ3v) is 4.39. The van der Waals surface area contributed by atoms with Crippen LogP contribution in [-0.2, 0) is 19.5 Å². The van der Waals surface area contributed by atoms with E-state index in [4.69, 9.17) is 11.6 Å². The molecule has 2 rings (SSSR count). The van der Waals surface area contributed by atoms with E-state index in [0.717, 1.165) is 44.1 Å². The van der Waals surface area contributed by atoms with Crippen molar-refractivity contribution in [2.75, 3.05) is 27.2 Å². The number of nitrogens with one attached hydrogen (secondary N) is 2. The van der Waals surface area contributed by atoms with Gasteiger partial charge in [-0.2, -0.15) is 0 Å². The first-order valence-electron chi connectivity index (χ1n) is 8.92. The molecule has 2 N–H and O–H groups in total. The van der Waals surface area contributed by atoms with Gasteiger partial charge in [-0.25, -0.2) is 4.98 Å². The summed E-state index contributed by atoms with van der Waals surface area (Å²) in [6, 6.07) is 12.5. The zero-order valence-corrected chi connectivity index (χ0v) is 19.3. The number of aliphatic imine (C=N–C) groups is 1. The molecule has 0 saturated carbocycles. The Kier molecular flexibility index (Phi) is 11.3. The number of nitrogens with zero attached hydrogens (tertiary/aromatic N) is 3. The number of benzene rings is 1. The van der Waals surface area contributed by atoms with Crippen molar-refractivity contribution in [3.05, 3.63) is 64.4 Å². The lowest BCUT2D eigenvalue weighted by Gasteiger charge is -2.15. The maximum absolute atomic E-state index is 5.81. The molecule has 0 saturated heterocycles. The summed E-state index contributed by atoms with van der Waals surface area (Å²) in [6.07, 6.45) is 2.67. The number of guanidine groups is 1. The van der Waals surface area contributed by atoms with Crippen molar-refractivity contribution in [3.8, 4) is 0 Å². The highest BCUT2D eigenvalue weighted by atomic mass is 127. The van der Waals surface area contributed by atoms with Crippen LogP contribution in [0.2, 0.25) is 5.15 Å². The first kappa shape index (κ1) is 23.7. The van der Waals surface area contributed by atoms with Crippen LogP contribution in [0.25, 0.3) is 0 Å². The van der Waals surface area contributed by atoms with Crippen molar-refractivity contribution in [2.45, 2.75) is 26.4 Å². The molecule has 0 atom stereocenters. The molecule has 0 bridgehead atoms. The molecular formula is C20H29ClIN5. The maximum atomic E-state index is 5.81. The van der Waals surface area contributed by atoms with Gasteiger partial charge in [-0.05, 0) is 42.8 Å². The molecule has 0 aliphatic carbocycles. The molecular weight excluding hydrogens is 473 g/mol. The monoisotopic (exact) mass is 501 g/mol. The van der Waals surface area contributed by atoms with Crippen molar-refractivity contribution >= 4 is 41.5 Å². The van der Waals surface area contributed by atoms with Crippen LogP contribution >= 0.6 is 35.6 Å². The van der Waals surface area contributed by atoms with Gasteiger partial charge >= 0.3 is 0 Å². The van der Waals surface area contributed by atoms with Gasteiger partial charge in [0.2, 0.25) is 0 Å². The Morgan fingerprint density at radius 1 is 1.15 bits per heavy atom. The van der Waals surface area contributed by atoms with E-state index in [1.807, 2.05) is 12.1 Å². The van der Waals surface area contributed by atoms with Gasteiger partial charge in [0, 0.05) is 32.9 Å². The number of halogens is 2. The molecule has 0 unspecified atom stereocenters. The number of hydrogen-bond donors (Lipinski definition) is 2. The maximum Gasteiger partial charge on any atom is 0.191 e. The van der Waals surface area contributed by atoms with Gasteiger partial charge in [0.05, 0.1) is 0 Å². The van der Waals surface area contributed by atoms with Crippen LogP contribution in [0, 0.1) is 0 Å². The van der Waals surface area contributed by atoms with Gasteiger partial charge in [-0.1, -0.05) is 48.9 Å². The van der Waals surface area contributed by atoms with Crippen LogP contribution in [0.4, 0.5) is 0 Å². The first-order chi connectivity index (χ1) is 12.6. The first-order valence-corrected chi connectivity index (χ1v) is 9.29. The normalized spacial score (nSPS) is 11.2. The molecule has 0 amide bonds. The number of pyridine rings is 1. The van der Waals surface area contributed by atoms with E-state index in [1.54, 1.807) is 13.2 Å². The Bertz CT molecular complexity index is 706. The second kappa shape index (κ2) is 12.9. The van der Waals surface area contributed by atoms with Gasteiger partial charge in [0.25, 0.3) is 0 Å². The smallest absolute Gasteiger partial charge is 0.191 e. The van der Waals surface area contributed by atoms with Crippen LogP contribution in [-0.4, -0.2) is 43.0 Å². The van der Waals surface area contributed by atoms with E-state index in [2.05, 4.69) is 63.7 Å². The highest BCUT2D eigenvalue weighted by Crippen LogP contribution is 2.08. The minimum Gasteiger partial charge on any atom is -0.356 e. The number of aromatic nitrogens is 1. The average molecular weight is 502 g/mol. The summed E-state index contributed by atoms with van der Waals surface area (Å²) in [5.41, 5.74) is 3.72. The van der Waals surface area contributed by atoms with Crippen LogP contribution in [0.3, 0.4) is 0 Å². The summed E-state index contributed by atoms with van der Waals surface area (Å²) in [5.74, 6) is 0.794. The lowest BCUT2D eigenvalue weighted by molar-refractivity contribution is 0.345. The molecule has 1 heterocycles. The van der Waals surface area contributed by atoms with Gasteiger partial charge in [-0.15, -0.1) is 24.0 Å². The molecule has 1 aromatic heterocycles. The Labute approximate surface area is 184 Å². The molecule has 0 radical (unpaired) electrons. The average Bonchev–Trinajstić information content (AvgIpc) is 2.66. The molecule has 5 nitrogen and oxygen atoms in total. The molecule has 1 aromatic carbocycles. The van der Waals surface area contributed by atoms with E-state index in [1.165, 1.54) is 11.1 Å². The summed E-state index contributed by atoms with van der Waals surface area (Å²) in [6.45, 7) is 5.70. The second-order valence-electron chi connectivity index (χ2n) is 6.24. The van der Waals surface area contributed by atoms with Crippen LogP contribution in [0.15, 0.2) is 47.6 Å². The van der Waals surface area contributed by atoms with Crippen molar-refractivity contribution in [2.24, 2.45) is 4.99 Å². The molecule has 7 heteroatoms. The van der Waals surface area contributed by atoms with Crippen LogP contribution < -0.4 is 10.6 Å². The fraction of sp³-hybridized carbons (Fsp3) is 0.400. The molecule has 148 valence electrons. The largest absolute Gasteiger partial charge is 0.356 e. The molecule has 0 aliphatic rings. The van der Waals surface area contributed by atoms with Crippen LogP contribution in [0.1, 0.15) is 23.6 Å². The van der Waals surface area contributed by atoms with E-state index < -0.39 is 0 Å². The third kappa shape index (κ3) is 8.90. The summed E-state index contributed by atoms with van der Waals surface area (Å²) in [7, 11) is 3.92. The van der Waals surface area contributed by atoms with Gasteiger partial charge in [0.1, 0.15) is 5.15 Å². The van der Waals surface area contributed by atoms with Gasteiger partial charge in [-0.3, -0.25) is 4.99 Å².